The zero-order chi connectivity index (χ0) is 11.1. The summed E-state index contributed by atoms with van der Waals surface area (Å²) in [7, 11) is 0. The molecule has 0 aliphatic carbocycles. The first-order chi connectivity index (χ1) is 7.27. The maximum absolute atomic E-state index is 11.6. The molecule has 1 atom stereocenters. The van der Waals surface area contributed by atoms with Crippen LogP contribution in [0.5, 0.6) is 0 Å². The van der Waals surface area contributed by atoms with E-state index in [0.717, 1.165) is 5.56 Å². The lowest BCUT2D eigenvalue weighted by Crippen LogP contribution is -2.21. The fraction of sp³-hybridized carbons (Fsp3) is 0.231. The minimum atomic E-state index is -0.148. The molecule has 79 valence electrons. The highest BCUT2D eigenvalue weighted by Crippen LogP contribution is 2.06. The van der Waals surface area contributed by atoms with Gasteiger partial charge in [-0.2, -0.15) is 0 Å². The Morgan fingerprint density at radius 3 is 2.60 bits per heavy atom. The maximum Gasteiger partial charge on any atom is 0.160 e. The Balaban J connectivity index is 2.62. The van der Waals surface area contributed by atoms with Crippen LogP contribution in [0.2, 0.25) is 0 Å². The monoisotopic (exact) mass is 202 g/mol. The molecule has 0 heterocycles. The van der Waals surface area contributed by atoms with Crippen LogP contribution < -0.4 is 5.73 Å². The van der Waals surface area contributed by atoms with Crippen LogP contribution in [0.1, 0.15) is 12.0 Å². The Bertz CT molecular complexity index is 326. The summed E-state index contributed by atoms with van der Waals surface area (Å²) in [6.45, 7) is 4.06. The highest BCUT2D eigenvalue weighted by Gasteiger charge is 2.10. The van der Waals surface area contributed by atoms with E-state index in [-0.39, 0.29) is 11.7 Å². The van der Waals surface area contributed by atoms with Gasteiger partial charge in [-0.1, -0.05) is 43.3 Å². The molecule has 0 aliphatic heterocycles. The summed E-state index contributed by atoms with van der Waals surface area (Å²) in [6.07, 6.45) is 3.94. The summed E-state index contributed by atoms with van der Waals surface area (Å²) >= 11 is 0. The average Bonchev–Trinajstić information content (AvgIpc) is 2.29. The summed E-state index contributed by atoms with van der Waals surface area (Å²) in [4.78, 5) is 11.6. The third kappa shape index (κ3) is 3.68. The van der Waals surface area contributed by atoms with Crippen molar-refractivity contribution in [2.45, 2.75) is 6.42 Å². The molecular weight excluding hydrogens is 186 g/mol. The van der Waals surface area contributed by atoms with Crippen molar-refractivity contribution >= 4 is 11.9 Å². The third-order valence-corrected chi connectivity index (χ3v) is 2.27. The van der Waals surface area contributed by atoms with E-state index in [2.05, 4.69) is 6.92 Å². The lowest BCUT2D eigenvalue weighted by atomic mass is 10.0. The minimum absolute atomic E-state index is 0.0522. The van der Waals surface area contributed by atoms with Crippen molar-refractivity contribution in [1.29, 1.82) is 0 Å². The number of benzene rings is 1. The largest absolute Gasteiger partial charge is 0.330 e. The van der Waals surface area contributed by atoms with Gasteiger partial charge in [0.1, 0.15) is 0 Å². The molecule has 0 aromatic heterocycles. The maximum atomic E-state index is 11.6. The van der Waals surface area contributed by atoms with Crippen molar-refractivity contribution in [1.82, 2.24) is 0 Å². The number of hydrogen-bond acceptors (Lipinski definition) is 2. The van der Waals surface area contributed by atoms with Crippen molar-refractivity contribution in [2.75, 3.05) is 6.54 Å². The Morgan fingerprint density at radius 2 is 2.07 bits per heavy atom. The van der Waals surface area contributed by atoms with Crippen molar-refractivity contribution in [2.24, 2.45) is 11.7 Å². The smallest absolute Gasteiger partial charge is 0.160 e. The summed E-state index contributed by atoms with van der Waals surface area (Å²) in [5, 5.41) is 0. The van der Waals surface area contributed by atoms with E-state index in [9.17, 15) is 4.79 Å². The van der Waals surface area contributed by atoms with Crippen LogP contribution in [0, 0.1) is 12.8 Å². The van der Waals surface area contributed by atoms with Gasteiger partial charge in [0.15, 0.2) is 5.78 Å². The van der Waals surface area contributed by atoms with Crippen LogP contribution >= 0.6 is 0 Å². The molecule has 2 nitrogen and oxygen atoms in total. The van der Waals surface area contributed by atoms with E-state index >= 15 is 0 Å². The lowest BCUT2D eigenvalue weighted by Gasteiger charge is -2.06. The molecule has 0 aliphatic rings. The van der Waals surface area contributed by atoms with Crippen LogP contribution in [-0.2, 0) is 4.79 Å². The topological polar surface area (TPSA) is 43.1 Å². The fourth-order valence-corrected chi connectivity index (χ4v) is 1.25. The van der Waals surface area contributed by atoms with E-state index < -0.39 is 0 Å². The molecule has 0 bridgehead atoms. The molecule has 15 heavy (non-hydrogen) atoms. The number of carbonyl (C=O) groups is 1. The normalized spacial score (nSPS) is 12.9. The van der Waals surface area contributed by atoms with Crippen molar-refractivity contribution < 1.29 is 4.79 Å². The Hall–Kier alpha value is -1.41. The van der Waals surface area contributed by atoms with E-state index in [4.69, 9.17) is 5.73 Å². The van der Waals surface area contributed by atoms with Crippen LogP contribution in [-0.4, -0.2) is 12.3 Å². The quantitative estimate of drug-likeness (QED) is 0.743. The minimum Gasteiger partial charge on any atom is -0.330 e. The molecular formula is C13H16NO. The summed E-state index contributed by atoms with van der Waals surface area (Å²) < 4.78 is 0. The predicted molar refractivity (Wildman–Crippen MR) is 63.0 cm³/mol. The molecule has 0 spiro atoms. The number of nitrogens with two attached hydrogens (primary N) is 1. The van der Waals surface area contributed by atoms with Gasteiger partial charge in [-0.25, -0.2) is 0 Å². The predicted octanol–water partition coefficient (Wildman–Crippen LogP) is 2.07. The van der Waals surface area contributed by atoms with E-state index in [1.165, 1.54) is 0 Å². The molecule has 1 radical (unpaired) electrons. The van der Waals surface area contributed by atoms with Gasteiger partial charge in [-0.05, 0) is 18.1 Å². The van der Waals surface area contributed by atoms with Gasteiger partial charge >= 0.3 is 0 Å². The molecule has 0 amide bonds. The van der Waals surface area contributed by atoms with Gasteiger partial charge < -0.3 is 5.73 Å². The Kier molecular flexibility index (Phi) is 4.78. The number of allylic oxidation sites excluding steroid dienone is 1. The molecule has 2 N–H and O–H groups in total. The average molecular weight is 202 g/mol. The fourth-order valence-electron chi connectivity index (χ4n) is 1.25. The van der Waals surface area contributed by atoms with Gasteiger partial charge in [0, 0.05) is 12.5 Å². The number of hydrogen-bond donors (Lipinski definition) is 1. The molecule has 1 rings (SSSR count). The van der Waals surface area contributed by atoms with Crippen LogP contribution in [0.4, 0.5) is 0 Å². The number of rotatable bonds is 5. The number of ketones is 1. The van der Waals surface area contributed by atoms with E-state index in [1.807, 2.05) is 30.3 Å². The second-order valence-electron chi connectivity index (χ2n) is 3.37. The first-order valence-electron chi connectivity index (χ1n) is 5.04. The van der Waals surface area contributed by atoms with Crippen LogP contribution in [0.15, 0.2) is 36.4 Å². The van der Waals surface area contributed by atoms with E-state index in [1.54, 1.807) is 12.2 Å². The van der Waals surface area contributed by atoms with E-state index in [0.29, 0.717) is 13.0 Å². The highest BCUT2D eigenvalue weighted by molar-refractivity contribution is 5.95. The van der Waals surface area contributed by atoms with Gasteiger partial charge in [-0.3, -0.25) is 4.79 Å². The van der Waals surface area contributed by atoms with Crippen molar-refractivity contribution in [3.8, 4) is 0 Å². The third-order valence-electron chi connectivity index (χ3n) is 2.27. The van der Waals surface area contributed by atoms with Crippen LogP contribution in [0.3, 0.4) is 0 Å². The zero-order valence-electron chi connectivity index (χ0n) is 8.73. The second-order valence-corrected chi connectivity index (χ2v) is 3.37. The summed E-state index contributed by atoms with van der Waals surface area (Å²) in [5.74, 6) is -0.0960. The Labute approximate surface area is 90.8 Å². The van der Waals surface area contributed by atoms with Crippen molar-refractivity contribution in [3.05, 3.63) is 48.9 Å². The first-order valence-corrected chi connectivity index (χ1v) is 5.04. The van der Waals surface area contributed by atoms with Gasteiger partial charge in [-0.15, -0.1) is 0 Å². The second kappa shape index (κ2) is 6.14. The molecule has 0 fully saturated rings. The molecule has 2 heteroatoms. The zero-order valence-corrected chi connectivity index (χ0v) is 8.73. The molecule has 1 unspecified atom stereocenters. The highest BCUT2D eigenvalue weighted by atomic mass is 16.1. The lowest BCUT2D eigenvalue weighted by molar-refractivity contribution is -0.117. The van der Waals surface area contributed by atoms with Gasteiger partial charge in [0.2, 0.25) is 0 Å². The van der Waals surface area contributed by atoms with Crippen LogP contribution in [0.25, 0.3) is 6.08 Å². The standard InChI is InChI=1S/C13H16NO/c1-2-12(10-14)13(15)9-8-11-6-4-3-5-7-11/h3-9,12H,1-2,10,14H2. The van der Waals surface area contributed by atoms with Gasteiger partial charge in [0.25, 0.3) is 0 Å². The summed E-state index contributed by atoms with van der Waals surface area (Å²) in [6, 6.07) is 9.71. The SMILES string of the molecule is [CH2]CC(CN)C(=O)C=Cc1ccccc1. The van der Waals surface area contributed by atoms with Crippen molar-refractivity contribution in [3.63, 3.8) is 0 Å². The van der Waals surface area contributed by atoms with Gasteiger partial charge in [0.05, 0.1) is 0 Å². The summed E-state index contributed by atoms with van der Waals surface area (Å²) in [5.41, 5.74) is 6.48. The first kappa shape index (κ1) is 11.7. The molecule has 0 saturated carbocycles. The molecule has 1 aromatic carbocycles. The molecule has 1 aromatic rings. The molecule has 0 saturated heterocycles. The number of carbonyl (C=O) groups excluding carboxylic acids is 1. The Morgan fingerprint density at radius 1 is 1.40 bits per heavy atom.